The predicted octanol–water partition coefficient (Wildman–Crippen LogP) is 3.45. The van der Waals surface area contributed by atoms with Gasteiger partial charge in [0.1, 0.15) is 0 Å². The molecule has 0 aliphatic carbocycles. The average molecular weight is 263 g/mol. The number of allylic oxidation sites excluding steroid dienone is 1. The Hall–Kier alpha value is -0.310. The summed E-state index contributed by atoms with van der Waals surface area (Å²) in [6.07, 6.45) is 7.48. The Kier molecular flexibility index (Phi) is 9.05. The predicted molar refractivity (Wildman–Crippen MR) is 62.6 cm³/mol. The maximum absolute atomic E-state index is 11.1. The van der Waals surface area contributed by atoms with Gasteiger partial charge in [0.25, 0.3) is 0 Å². The lowest BCUT2D eigenvalue weighted by Gasteiger charge is -2.01. The van der Waals surface area contributed by atoms with Crippen molar-refractivity contribution in [2.45, 2.75) is 44.4 Å². The van der Waals surface area contributed by atoms with E-state index in [1.807, 2.05) is 6.08 Å². The first-order valence-corrected chi connectivity index (χ1v) is 6.11. The van der Waals surface area contributed by atoms with Gasteiger partial charge in [-0.2, -0.15) is 0 Å². The van der Waals surface area contributed by atoms with Crippen LogP contribution in [0, 0.1) is 0 Å². The average Bonchev–Trinajstić information content (AvgIpc) is 2.16. The molecule has 0 aromatic heterocycles. The van der Waals surface area contributed by atoms with Gasteiger partial charge in [-0.3, -0.25) is 0 Å². The van der Waals surface area contributed by atoms with Crippen molar-refractivity contribution in [1.29, 1.82) is 0 Å². The standard InChI is InChI=1S/C11H19BrO2/c1-3-5-9-14-11(13)8-7-10(12)6-4-2/h7-8,10H,3-6,9H2,1-2H3. The maximum Gasteiger partial charge on any atom is 0.330 e. The van der Waals surface area contributed by atoms with Gasteiger partial charge in [-0.15, -0.1) is 0 Å². The van der Waals surface area contributed by atoms with Crippen molar-refractivity contribution in [2.75, 3.05) is 6.61 Å². The SMILES string of the molecule is CCCCOC(=O)C=CC(Br)CCC. The van der Waals surface area contributed by atoms with Crippen LogP contribution in [-0.4, -0.2) is 17.4 Å². The third-order valence-electron chi connectivity index (χ3n) is 1.75. The molecule has 0 spiro atoms. The third kappa shape index (κ3) is 8.30. The molecular formula is C11H19BrO2. The van der Waals surface area contributed by atoms with Crippen molar-refractivity contribution in [1.82, 2.24) is 0 Å². The molecule has 0 rings (SSSR count). The van der Waals surface area contributed by atoms with Crippen molar-refractivity contribution in [3.8, 4) is 0 Å². The van der Waals surface area contributed by atoms with Gasteiger partial charge in [0.05, 0.1) is 6.61 Å². The van der Waals surface area contributed by atoms with Crippen LogP contribution in [0.4, 0.5) is 0 Å². The number of carbonyl (C=O) groups excluding carboxylic acids is 1. The topological polar surface area (TPSA) is 26.3 Å². The van der Waals surface area contributed by atoms with Crippen LogP contribution in [0.15, 0.2) is 12.2 Å². The van der Waals surface area contributed by atoms with Crippen LogP contribution in [-0.2, 0) is 9.53 Å². The van der Waals surface area contributed by atoms with E-state index in [2.05, 4.69) is 29.8 Å². The highest BCUT2D eigenvalue weighted by Crippen LogP contribution is 2.08. The van der Waals surface area contributed by atoms with Gasteiger partial charge in [-0.25, -0.2) is 4.79 Å². The molecule has 2 nitrogen and oxygen atoms in total. The second-order valence-corrected chi connectivity index (χ2v) is 4.36. The van der Waals surface area contributed by atoms with E-state index in [1.54, 1.807) is 0 Å². The van der Waals surface area contributed by atoms with Crippen LogP contribution < -0.4 is 0 Å². The molecule has 0 aliphatic rings. The molecule has 1 unspecified atom stereocenters. The summed E-state index contributed by atoms with van der Waals surface area (Å²) in [5.41, 5.74) is 0. The van der Waals surface area contributed by atoms with Gasteiger partial charge < -0.3 is 4.74 Å². The molecule has 0 fully saturated rings. The summed E-state index contributed by atoms with van der Waals surface area (Å²) in [6.45, 7) is 4.71. The molecule has 0 aromatic carbocycles. The number of rotatable bonds is 7. The van der Waals surface area contributed by atoms with Crippen molar-refractivity contribution in [2.24, 2.45) is 0 Å². The van der Waals surface area contributed by atoms with Gasteiger partial charge in [0.15, 0.2) is 0 Å². The van der Waals surface area contributed by atoms with Crippen molar-refractivity contribution in [3.05, 3.63) is 12.2 Å². The Balaban J connectivity index is 3.59. The van der Waals surface area contributed by atoms with Crippen LogP contribution in [0.5, 0.6) is 0 Å². The quantitative estimate of drug-likeness (QED) is 0.304. The lowest BCUT2D eigenvalue weighted by molar-refractivity contribution is -0.137. The highest BCUT2D eigenvalue weighted by molar-refractivity contribution is 9.09. The summed E-state index contributed by atoms with van der Waals surface area (Å²) in [7, 11) is 0. The first kappa shape index (κ1) is 13.7. The molecular weight excluding hydrogens is 244 g/mol. The fourth-order valence-electron chi connectivity index (χ4n) is 0.920. The smallest absolute Gasteiger partial charge is 0.330 e. The number of halogens is 1. The van der Waals surface area contributed by atoms with E-state index < -0.39 is 0 Å². The van der Waals surface area contributed by atoms with Crippen molar-refractivity contribution >= 4 is 21.9 Å². The zero-order chi connectivity index (χ0) is 10.8. The summed E-state index contributed by atoms with van der Waals surface area (Å²) in [5.74, 6) is -0.237. The second kappa shape index (κ2) is 9.25. The lowest BCUT2D eigenvalue weighted by atomic mass is 10.2. The molecule has 82 valence electrons. The van der Waals surface area contributed by atoms with Gasteiger partial charge in [-0.1, -0.05) is 48.7 Å². The minimum Gasteiger partial charge on any atom is -0.463 e. The Bertz CT molecular complexity index is 178. The van der Waals surface area contributed by atoms with E-state index in [-0.39, 0.29) is 10.8 Å². The summed E-state index contributed by atoms with van der Waals surface area (Å²) in [6, 6.07) is 0. The molecule has 0 amide bonds. The van der Waals surface area contributed by atoms with Crippen LogP contribution in [0.2, 0.25) is 0 Å². The molecule has 0 radical (unpaired) electrons. The Morgan fingerprint density at radius 2 is 2.14 bits per heavy atom. The zero-order valence-corrected chi connectivity index (χ0v) is 10.5. The van der Waals surface area contributed by atoms with E-state index in [1.165, 1.54) is 6.08 Å². The number of unbranched alkanes of at least 4 members (excludes halogenated alkanes) is 1. The number of hydrogen-bond donors (Lipinski definition) is 0. The van der Waals surface area contributed by atoms with E-state index in [0.29, 0.717) is 6.61 Å². The number of alkyl halides is 1. The van der Waals surface area contributed by atoms with E-state index in [4.69, 9.17) is 4.74 Å². The van der Waals surface area contributed by atoms with Gasteiger partial charge in [-0.05, 0) is 12.8 Å². The molecule has 0 N–H and O–H groups in total. The lowest BCUT2D eigenvalue weighted by Crippen LogP contribution is -2.03. The largest absolute Gasteiger partial charge is 0.463 e. The Labute approximate surface area is 94.8 Å². The summed E-state index contributed by atoms with van der Waals surface area (Å²) in [4.78, 5) is 11.4. The Morgan fingerprint density at radius 3 is 2.71 bits per heavy atom. The zero-order valence-electron chi connectivity index (χ0n) is 8.96. The fraction of sp³-hybridized carbons (Fsp3) is 0.727. The number of carbonyl (C=O) groups is 1. The van der Waals surface area contributed by atoms with Gasteiger partial charge in [0.2, 0.25) is 0 Å². The minimum absolute atomic E-state index is 0.237. The molecule has 0 aliphatic heterocycles. The van der Waals surface area contributed by atoms with Gasteiger partial charge in [0, 0.05) is 10.9 Å². The van der Waals surface area contributed by atoms with Crippen LogP contribution in [0.25, 0.3) is 0 Å². The number of esters is 1. The molecule has 0 heterocycles. The number of hydrogen-bond acceptors (Lipinski definition) is 2. The molecule has 0 saturated carbocycles. The van der Waals surface area contributed by atoms with E-state index >= 15 is 0 Å². The summed E-state index contributed by atoms with van der Waals surface area (Å²) in [5, 5.41) is 0. The monoisotopic (exact) mass is 262 g/mol. The first-order valence-electron chi connectivity index (χ1n) is 5.19. The number of ether oxygens (including phenoxy) is 1. The molecule has 0 aromatic rings. The van der Waals surface area contributed by atoms with Crippen LogP contribution in [0.1, 0.15) is 39.5 Å². The van der Waals surface area contributed by atoms with Crippen LogP contribution >= 0.6 is 15.9 Å². The molecule has 3 heteroatoms. The highest BCUT2D eigenvalue weighted by atomic mass is 79.9. The second-order valence-electron chi connectivity index (χ2n) is 3.18. The van der Waals surface area contributed by atoms with Crippen LogP contribution in [0.3, 0.4) is 0 Å². The highest BCUT2D eigenvalue weighted by Gasteiger charge is 1.99. The molecule has 1 atom stereocenters. The van der Waals surface area contributed by atoms with Crippen molar-refractivity contribution < 1.29 is 9.53 Å². The van der Waals surface area contributed by atoms with E-state index in [9.17, 15) is 4.79 Å². The minimum atomic E-state index is -0.237. The summed E-state index contributed by atoms with van der Waals surface area (Å²) >= 11 is 3.45. The molecule has 0 saturated heterocycles. The molecule has 14 heavy (non-hydrogen) atoms. The molecule has 0 bridgehead atoms. The van der Waals surface area contributed by atoms with E-state index in [0.717, 1.165) is 25.7 Å². The summed E-state index contributed by atoms with van der Waals surface area (Å²) < 4.78 is 4.96. The van der Waals surface area contributed by atoms with Crippen molar-refractivity contribution in [3.63, 3.8) is 0 Å². The first-order chi connectivity index (χ1) is 6.70. The van der Waals surface area contributed by atoms with Gasteiger partial charge >= 0.3 is 5.97 Å². The maximum atomic E-state index is 11.1. The Morgan fingerprint density at radius 1 is 1.43 bits per heavy atom. The fourth-order valence-corrected chi connectivity index (χ4v) is 1.53. The third-order valence-corrected chi connectivity index (χ3v) is 2.51. The normalized spacial score (nSPS) is 13.1.